The van der Waals surface area contributed by atoms with Crippen LogP contribution in [0, 0.1) is 11.8 Å². The van der Waals surface area contributed by atoms with E-state index in [1.54, 1.807) is 0 Å². The van der Waals surface area contributed by atoms with Crippen molar-refractivity contribution < 1.29 is 9.47 Å². The van der Waals surface area contributed by atoms with Gasteiger partial charge in [0.25, 0.3) is 0 Å². The third kappa shape index (κ3) is 9.26. The quantitative estimate of drug-likeness (QED) is 0.345. The summed E-state index contributed by atoms with van der Waals surface area (Å²) in [7, 11) is 0. The second-order valence-corrected chi connectivity index (χ2v) is 8.22. The maximum Gasteiger partial charge on any atom is 0.191 e. The Hall–Kier alpha value is -0.850. The first-order valence-corrected chi connectivity index (χ1v) is 11.1. The molecule has 0 spiro atoms. The van der Waals surface area contributed by atoms with E-state index in [1.807, 2.05) is 0 Å². The second-order valence-electron chi connectivity index (χ2n) is 8.22. The van der Waals surface area contributed by atoms with Crippen molar-refractivity contribution in [2.45, 2.75) is 58.9 Å². The van der Waals surface area contributed by atoms with Crippen molar-refractivity contribution in [3.8, 4) is 0 Å². The van der Waals surface area contributed by atoms with Gasteiger partial charge >= 0.3 is 0 Å². The zero-order chi connectivity index (χ0) is 19.3. The largest absolute Gasteiger partial charge is 0.381 e. The standard InChI is InChI=1S/C21H42N4O2/c1-4-22-21(24-15-19(3)25-11-5-7-18(2)16-25)23-10-6-12-27-17-20-8-13-26-14-9-20/h18-20H,4-17H2,1-3H3,(H2,22,23,24). The molecule has 0 aromatic rings. The van der Waals surface area contributed by atoms with Crippen molar-refractivity contribution in [3.63, 3.8) is 0 Å². The highest BCUT2D eigenvalue weighted by Gasteiger charge is 2.20. The number of nitrogens with zero attached hydrogens (tertiary/aromatic N) is 2. The second kappa shape index (κ2) is 13.3. The summed E-state index contributed by atoms with van der Waals surface area (Å²) in [5, 5.41) is 6.80. The van der Waals surface area contributed by atoms with E-state index in [2.05, 4.69) is 36.3 Å². The van der Waals surface area contributed by atoms with Gasteiger partial charge in [-0.1, -0.05) is 6.92 Å². The SMILES string of the molecule is CCNC(=NCC(C)N1CCCC(C)C1)NCCCOCC1CCOCC1. The average Bonchev–Trinajstić information content (AvgIpc) is 2.69. The van der Waals surface area contributed by atoms with Gasteiger partial charge in [-0.25, -0.2) is 0 Å². The Bertz CT molecular complexity index is 413. The lowest BCUT2D eigenvalue weighted by Gasteiger charge is -2.35. The van der Waals surface area contributed by atoms with Gasteiger partial charge in [-0.2, -0.15) is 0 Å². The molecule has 27 heavy (non-hydrogen) atoms. The number of ether oxygens (including phenoxy) is 2. The van der Waals surface area contributed by atoms with Gasteiger partial charge in [0, 0.05) is 52.1 Å². The summed E-state index contributed by atoms with van der Waals surface area (Å²) >= 11 is 0. The molecule has 2 saturated heterocycles. The van der Waals surface area contributed by atoms with Crippen LogP contribution in [0.3, 0.4) is 0 Å². The van der Waals surface area contributed by atoms with Crippen molar-refractivity contribution in [1.29, 1.82) is 0 Å². The van der Waals surface area contributed by atoms with Gasteiger partial charge in [0.05, 0.1) is 6.54 Å². The van der Waals surface area contributed by atoms with Crippen LogP contribution in [0.4, 0.5) is 0 Å². The van der Waals surface area contributed by atoms with Crippen LogP contribution in [0.15, 0.2) is 4.99 Å². The molecule has 0 aliphatic carbocycles. The lowest BCUT2D eigenvalue weighted by atomic mass is 9.99. The Labute approximate surface area is 166 Å². The van der Waals surface area contributed by atoms with Crippen LogP contribution in [0.5, 0.6) is 0 Å². The summed E-state index contributed by atoms with van der Waals surface area (Å²) in [6.45, 7) is 15.3. The zero-order valence-corrected chi connectivity index (χ0v) is 17.8. The molecule has 2 N–H and O–H groups in total. The molecule has 2 heterocycles. The average molecular weight is 383 g/mol. The summed E-state index contributed by atoms with van der Waals surface area (Å²) in [5.74, 6) is 2.43. The maximum absolute atomic E-state index is 5.84. The van der Waals surface area contributed by atoms with Crippen LogP contribution in [-0.2, 0) is 9.47 Å². The normalized spacial score (nSPS) is 24.0. The number of nitrogens with one attached hydrogen (secondary N) is 2. The fourth-order valence-electron chi connectivity index (χ4n) is 3.85. The highest BCUT2D eigenvalue weighted by atomic mass is 16.5. The van der Waals surface area contributed by atoms with Crippen LogP contribution >= 0.6 is 0 Å². The lowest BCUT2D eigenvalue weighted by molar-refractivity contribution is 0.0203. The minimum atomic E-state index is 0.506. The number of aliphatic imine (C=N–C) groups is 1. The molecule has 0 bridgehead atoms. The Morgan fingerprint density at radius 3 is 2.81 bits per heavy atom. The van der Waals surface area contributed by atoms with Gasteiger partial charge in [0.1, 0.15) is 0 Å². The predicted octanol–water partition coefficient (Wildman–Crippen LogP) is 2.50. The number of hydrogen-bond acceptors (Lipinski definition) is 4. The number of likely N-dealkylation sites (tertiary alicyclic amines) is 1. The molecule has 2 unspecified atom stereocenters. The summed E-state index contributed by atoms with van der Waals surface area (Å²) in [4.78, 5) is 7.39. The molecule has 158 valence electrons. The van der Waals surface area contributed by atoms with Crippen LogP contribution < -0.4 is 10.6 Å². The van der Waals surface area contributed by atoms with Gasteiger partial charge in [-0.15, -0.1) is 0 Å². The van der Waals surface area contributed by atoms with Crippen LogP contribution in [0.1, 0.15) is 52.9 Å². The minimum Gasteiger partial charge on any atom is -0.381 e. The van der Waals surface area contributed by atoms with Crippen molar-refractivity contribution >= 4 is 5.96 Å². The predicted molar refractivity (Wildman–Crippen MR) is 112 cm³/mol. The van der Waals surface area contributed by atoms with Crippen LogP contribution in [-0.4, -0.2) is 76.1 Å². The van der Waals surface area contributed by atoms with E-state index >= 15 is 0 Å². The minimum absolute atomic E-state index is 0.506. The topological polar surface area (TPSA) is 58.1 Å². The molecule has 6 nitrogen and oxygen atoms in total. The van der Waals surface area contributed by atoms with Gasteiger partial charge < -0.3 is 20.1 Å². The van der Waals surface area contributed by atoms with Gasteiger partial charge in [-0.05, 0) is 64.3 Å². The Morgan fingerprint density at radius 2 is 2.07 bits per heavy atom. The van der Waals surface area contributed by atoms with E-state index in [4.69, 9.17) is 14.5 Å². The first kappa shape index (κ1) is 22.4. The molecule has 0 saturated carbocycles. The van der Waals surface area contributed by atoms with Gasteiger partial charge in [-0.3, -0.25) is 9.89 Å². The molecule has 0 aromatic heterocycles. The number of piperidine rings is 1. The Morgan fingerprint density at radius 1 is 1.26 bits per heavy atom. The zero-order valence-electron chi connectivity index (χ0n) is 17.8. The fraction of sp³-hybridized carbons (Fsp3) is 0.952. The van der Waals surface area contributed by atoms with E-state index in [1.165, 1.54) is 25.9 Å². The highest BCUT2D eigenvalue weighted by molar-refractivity contribution is 5.79. The molecule has 2 fully saturated rings. The van der Waals surface area contributed by atoms with E-state index in [0.29, 0.717) is 12.0 Å². The van der Waals surface area contributed by atoms with E-state index in [-0.39, 0.29) is 0 Å². The molecule has 0 amide bonds. The molecular weight excluding hydrogens is 340 g/mol. The first-order chi connectivity index (χ1) is 13.2. The first-order valence-electron chi connectivity index (χ1n) is 11.1. The fourth-order valence-corrected chi connectivity index (χ4v) is 3.85. The smallest absolute Gasteiger partial charge is 0.191 e. The summed E-state index contributed by atoms with van der Waals surface area (Å²) in [6, 6.07) is 0.506. The Kier molecular flexibility index (Phi) is 11.1. The maximum atomic E-state index is 5.84. The highest BCUT2D eigenvalue weighted by Crippen LogP contribution is 2.17. The van der Waals surface area contributed by atoms with Crippen molar-refractivity contribution in [1.82, 2.24) is 15.5 Å². The third-order valence-electron chi connectivity index (χ3n) is 5.62. The molecule has 0 aromatic carbocycles. The monoisotopic (exact) mass is 382 g/mol. The molecule has 2 rings (SSSR count). The number of rotatable bonds is 10. The van der Waals surface area contributed by atoms with Crippen molar-refractivity contribution in [2.75, 3.05) is 59.2 Å². The molecule has 2 aliphatic rings. The summed E-state index contributed by atoms with van der Waals surface area (Å²) in [6.07, 6.45) is 5.98. The van der Waals surface area contributed by atoms with E-state index in [0.717, 1.165) is 77.2 Å². The van der Waals surface area contributed by atoms with Gasteiger partial charge in [0.15, 0.2) is 5.96 Å². The van der Waals surface area contributed by atoms with Crippen molar-refractivity contribution in [2.24, 2.45) is 16.8 Å². The van der Waals surface area contributed by atoms with Crippen LogP contribution in [0.2, 0.25) is 0 Å². The third-order valence-corrected chi connectivity index (χ3v) is 5.62. The number of guanidine groups is 1. The molecule has 6 heteroatoms. The molecule has 2 atom stereocenters. The molecule has 0 radical (unpaired) electrons. The molecule has 2 aliphatic heterocycles. The lowest BCUT2D eigenvalue weighted by Crippen LogP contribution is -2.43. The Balaban J connectivity index is 1.59. The van der Waals surface area contributed by atoms with Crippen molar-refractivity contribution in [3.05, 3.63) is 0 Å². The number of hydrogen-bond donors (Lipinski definition) is 2. The van der Waals surface area contributed by atoms with Gasteiger partial charge in [0.2, 0.25) is 0 Å². The summed E-state index contributed by atoms with van der Waals surface area (Å²) < 4.78 is 11.2. The van der Waals surface area contributed by atoms with E-state index in [9.17, 15) is 0 Å². The van der Waals surface area contributed by atoms with E-state index < -0.39 is 0 Å². The molecular formula is C21H42N4O2. The van der Waals surface area contributed by atoms with Crippen LogP contribution in [0.25, 0.3) is 0 Å². The summed E-state index contributed by atoms with van der Waals surface area (Å²) in [5.41, 5.74) is 0.